The molecular formula is C17H19N3O4. The third-order valence-corrected chi connectivity index (χ3v) is 4.11. The molecule has 0 radical (unpaired) electrons. The molecule has 0 aromatic carbocycles. The number of amides is 1. The van der Waals surface area contributed by atoms with E-state index in [4.69, 9.17) is 4.42 Å². The van der Waals surface area contributed by atoms with Crippen LogP contribution in [-0.2, 0) is 0 Å². The minimum atomic E-state index is -0.677. The van der Waals surface area contributed by atoms with Gasteiger partial charge >= 0.3 is 5.63 Å². The zero-order valence-electron chi connectivity index (χ0n) is 13.3. The summed E-state index contributed by atoms with van der Waals surface area (Å²) in [4.78, 5) is 28.5. The first kappa shape index (κ1) is 16.2. The molecule has 24 heavy (non-hydrogen) atoms. The molecule has 7 nitrogen and oxygen atoms in total. The van der Waals surface area contributed by atoms with E-state index in [1.165, 1.54) is 18.3 Å². The summed E-state index contributed by atoms with van der Waals surface area (Å²) >= 11 is 0. The van der Waals surface area contributed by atoms with Crippen LogP contribution >= 0.6 is 0 Å². The topological polar surface area (TPSA) is 104 Å². The molecular weight excluding hydrogens is 310 g/mol. The fourth-order valence-electron chi connectivity index (χ4n) is 2.86. The summed E-state index contributed by atoms with van der Waals surface area (Å²) in [6, 6.07) is 4.68. The van der Waals surface area contributed by atoms with Crippen LogP contribution < -0.4 is 16.3 Å². The number of nitrogens with zero attached hydrogens (tertiary/aromatic N) is 1. The maximum absolute atomic E-state index is 12.4. The lowest BCUT2D eigenvalue weighted by molar-refractivity contribution is 0.102. The van der Waals surface area contributed by atoms with Gasteiger partial charge in [0.2, 0.25) is 0 Å². The number of anilines is 1. The molecule has 2 aromatic heterocycles. The Bertz CT molecular complexity index is 810. The number of aromatic nitrogens is 1. The molecule has 1 atom stereocenters. The maximum Gasteiger partial charge on any atom is 0.349 e. The first-order valence-corrected chi connectivity index (χ1v) is 7.87. The van der Waals surface area contributed by atoms with Crippen molar-refractivity contribution in [3.8, 4) is 5.75 Å². The standard InChI is InChI=1S/C17H19N3O4/c1-10-8-13(11-4-2-6-18-9-11)24-17(23)14(10)16(22)20-15-12(21)5-3-7-19-15/h3,5,7-8,11,18,21H,2,4,6,9H2,1H3,(H,19,20,22). The van der Waals surface area contributed by atoms with E-state index in [-0.39, 0.29) is 23.0 Å². The van der Waals surface area contributed by atoms with Crippen LogP contribution in [0.1, 0.15) is 40.4 Å². The van der Waals surface area contributed by atoms with E-state index in [0.717, 1.165) is 25.9 Å². The molecule has 126 valence electrons. The molecule has 7 heteroatoms. The van der Waals surface area contributed by atoms with Crippen molar-refractivity contribution in [2.45, 2.75) is 25.7 Å². The highest BCUT2D eigenvalue weighted by molar-refractivity contribution is 6.05. The van der Waals surface area contributed by atoms with Gasteiger partial charge in [-0.05, 0) is 50.1 Å². The summed E-state index contributed by atoms with van der Waals surface area (Å²) in [7, 11) is 0. The van der Waals surface area contributed by atoms with Crippen molar-refractivity contribution in [3.05, 3.63) is 51.7 Å². The van der Waals surface area contributed by atoms with Crippen LogP contribution in [0.2, 0.25) is 0 Å². The van der Waals surface area contributed by atoms with Crippen LogP contribution in [0, 0.1) is 6.92 Å². The number of carbonyl (C=O) groups excluding carboxylic acids is 1. The molecule has 0 saturated carbocycles. The van der Waals surface area contributed by atoms with Crippen LogP contribution in [0.3, 0.4) is 0 Å². The van der Waals surface area contributed by atoms with E-state index in [9.17, 15) is 14.7 Å². The molecule has 1 unspecified atom stereocenters. The zero-order chi connectivity index (χ0) is 17.1. The summed E-state index contributed by atoms with van der Waals surface area (Å²) in [5.41, 5.74) is -0.212. The first-order valence-electron chi connectivity index (χ1n) is 7.87. The molecule has 3 heterocycles. The van der Waals surface area contributed by atoms with Gasteiger partial charge in [0.25, 0.3) is 5.91 Å². The number of aromatic hydroxyl groups is 1. The Labute approximate surface area is 138 Å². The molecule has 1 fully saturated rings. The van der Waals surface area contributed by atoms with Crippen molar-refractivity contribution in [1.82, 2.24) is 10.3 Å². The predicted octanol–water partition coefficient (Wildman–Crippen LogP) is 1.77. The van der Waals surface area contributed by atoms with Gasteiger partial charge in [-0.2, -0.15) is 0 Å². The number of piperidine rings is 1. The molecule has 0 spiro atoms. The Hall–Kier alpha value is -2.67. The van der Waals surface area contributed by atoms with Gasteiger partial charge in [0, 0.05) is 18.7 Å². The van der Waals surface area contributed by atoms with E-state index >= 15 is 0 Å². The van der Waals surface area contributed by atoms with Gasteiger partial charge in [0.1, 0.15) is 11.3 Å². The van der Waals surface area contributed by atoms with Crippen molar-refractivity contribution >= 4 is 11.7 Å². The molecule has 0 bridgehead atoms. The van der Waals surface area contributed by atoms with Gasteiger partial charge in [-0.15, -0.1) is 0 Å². The number of pyridine rings is 1. The highest BCUT2D eigenvalue weighted by atomic mass is 16.4. The SMILES string of the molecule is Cc1cc(C2CCCNC2)oc(=O)c1C(=O)Nc1ncccc1O. The summed E-state index contributed by atoms with van der Waals surface area (Å²) in [5.74, 6) is -0.0766. The first-order chi connectivity index (χ1) is 11.6. The minimum Gasteiger partial charge on any atom is -0.504 e. The molecule has 3 N–H and O–H groups in total. The highest BCUT2D eigenvalue weighted by Gasteiger charge is 2.23. The van der Waals surface area contributed by atoms with Gasteiger partial charge in [-0.3, -0.25) is 4.79 Å². The summed E-state index contributed by atoms with van der Waals surface area (Å²) in [5, 5.41) is 15.4. The predicted molar refractivity (Wildman–Crippen MR) is 88.4 cm³/mol. The minimum absolute atomic E-state index is 0.00172. The molecule has 3 rings (SSSR count). The van der Waals surface area contributed by atoms with Gasteiger partial charge < -0.3 is 20.2 Å². The average Bonchev–Trinajstić information content (AvgIpc) is 2.57. The number of rotatable bonds is 3. The van der Waals surface area contributed by atoms with Gasteiger partial charge in [-0.1, -0.05) is 0 Å². The van der Waals surface area contributed by atoms with Crippen molar-refractivity contribution in [1.29, 1.82) is 0 Å². The van der Waals surface area contributed by atoms with E-state index < -0.39 is 11.5 Å². The smallest absolute Gasteiger partial charge is 0.349 e. The number of hydrogen-bond donors (Lipinski definition) is 3. The van der Waals surface area contributed by atoms with Crippen LogP contribution in [-0.4, -0.2) is 29.1 Å². The summed E-state index contributed by atoms with van der Waals surface area (Å²) < 4.78 is 5.38. The lowest BCUT2D eigenvalue weighted by atomic mass is 9.95. The highest BCUT2D eigenvalue weighted by Crippen LogP contribution is 2.24. The van der Waals surface area contributed by atoms with Crippen molar-refractivity contribution in [2.75, 3.05) is 18.4 Å². The zero-order valence-corrected chi connectivity index (χ0v) is 13.3. The Balaban J connectivity index is 1.87. The van der Waals surface area contributed by atoms with E-state index in [0.29, 0.717) is 11.3 Å². The third kappa shape index (κ3) is 3.30. The molecule has 1 aliphatic heterocycles. The number of aryl methyl sites for hydroxylation is 1. The van der Waals surface area contributed by atoms with E-state index in [2.05, 4.69) is 15.6 Å². The van der Waals surface area contributed by atoms with Crippen molar-refractivity contribution in [3.63, 3.8) is 0 Å². The largest absolute Gasteiger partial charge is 0.504 e. The lowest BCUT2D eigenvalue weighted by Gasteiger charge is -2.22. The Morgan fingerprint density at radius 1 is 1.50 bits per heavy atom. The Kier molecular flexibility index (Phi) is 4.61. The van der Waals surface area contributed by atoms with Crippen LogP contribution in [0.25, 0.3) is 0 Å². The average molecular weight is 329 g/mol. The third-order valence-electron chi connectivity index (χ3n) is 4.11. The van der Waals surface area contributed by atoms with E-state index in [1.54, 1.807) is 13.0 Å². The fraction of sp³-hybridized carbons (Fsp3) is 0.353. The molecule has 1 aliphatic rings. The number of hydrogen-bond acceptors (Lipinski definition) is 6. The maximum atomic E-state index is 12.4. The van der Waals surface area contributed by atoms with Crippen LogP contribution in [0.4, 0.5) is 5.82 Å². The second kappa shape index (κ2) is 6.84. The fourth-order valence-corrected chi connectivity index (χ4v) is 2.86. The van der Waals surface area contributed by atoms with Gasteiger partial charge in [-0.25, -0.2) is 9.78 Å². The Morgan fingerprint density at radius 2 is 2.33 bits per heavy atom. The van der Waals surface area contributed by atoms with Gasteiger partial charge in [0.05, 0.1) is 0 Å². The molecule has 1 saturated heterocycles. The molecule has 2 aromatic rings. The molecule has 0 aliphatic carbocycles. The second-order valence-corrected chi connectivity index (χ2v) is 5.86. The monoisotopic (exact) mass is 329 g/mol. The normalized spacial score (nSPS) is 17.5. The second-order valence-electron chi connectivity index (χ2n) is 5.86. The van der Waals surface area contributed by atoms with Crippen molar-refractivity contribution < 1.29 is 14.3 Å². The van der Waals surface area contributed by atoms with Crippen molar-refractivity contribution in [2.24, 2.45) is 0 Å². The number of nitrogens with one attached hydrogen (secondary N) is 2. The molecule has 1 amide bonds. The summed E-state index contributed by atoms with van der Waals surface area (Å²) in [6.45, 7) is 3.42. The lowest BCUT2D eigenvalue weighted by Crippen LogP contribution is -2.30. The quantitative estimate of drug-likeness (QED) is 0.793. The van der Waals surface area contributed by atoms with Crippen LogP contribution in [0.5, 0.6) is 5.75 Å². The van der Waals surface area contributed by atoms with Gasteiger partial charge in [0.15, 0.2) is 11.6 Å². The Morgan fingerprint density at radius 3 is 3.00 bits per heavy atom. The number of carbonyl (C=O) groups is 1. The summed E-state index contributed by atoms with van der Waals surface area (Å²) in [6.07, 6.45) is 3.40. The van der Waals surface area contributed by atoms with Crippen LogP contribution in [0.15, 0.2) is 33.6 Å². The van der Waals surface area contributed by atoms with E-state index in [1.807, 2.05) is 0 Å².